The van der Waals surface area contributed by atoms with Gasteiger partial charge in [-0.15, -0.1) is 0 Å². The van der Waals surface area contributed by atoms with Crippen LogP contribution in [0.2, 0.25) is 0 Å². The molecule has 4 heterocycles. The van der Waals surface area contributed by atoms with E-state index in [1.54, 1.807) is 6.20 Å². The van der Waals surface area contributed by atoms with Crippen molar-refractivity contribution in [1.82, 2.24) is 29.6 Å². The second kappa shape index (κ2) is 7.71. The molecule has 1 aromatic carbocycles. The van der Waals surface area contributed by atoms with Crippen molar-refractivity contribution in [3.63, 3.8) is 0 Å². The van der Waals surface area contributed by atoms with Crippen LogP contribution >= 0.6 is 0 Å². The van der Waals surface area contributed by atoms with Crippen molar-refractivity contribution < 1.29 is 4.79 Å². The number of imidazole rings is 1. The summed E-state index contributed by atoms with van der Waals surface area (Å²) < 4.78 is 4.18. The highest BCUT2D eigenvalue weighted by Crippen LogP contribution is 2.37. The SMILES string of the molecule is CCC(=O)c1cnc(N)c2c(C#Cc3ccc4c(c3)ncn4C3CC3)nn(C3CCNC3)c12. The molecule has 1 saturated heterocycles. The highest BCUT2D eigenvalue weighted by atomic mass is 16.1. The molecule has 1 aliphatic carbocycles. The number of benzene rings is 1. The van der Waals surface area contributed by atoms with Gasteiger partial charge in [-0.25, -0.2) is 9.97 Å². The minimum Gasteiger partial charge on any atom is -0.383 e. The fourth-order valence-electron chi connectivity index (χ4n) is 4.67. The number of pyridine rings is 1. The van der Waals surface area contributed by atoms with Crippen LogP contribution in [0.4, 0.5) is 5.82 Å². The quantitative estimate of drug-likeness (QED) is 0.374. The lowest BCUT2D eigenvalue weighted by molar-refractivity contribution is 0.0989. The Kier molecular flexibility index (Phi) is 4.66. The summed E-state index contributed by atoms with van der Waals surface area (Å²) in [6.07, 6.45) is 7.26. The molecule has 0 spiro atoms. The Morgan fingerprint density at radius 2 is 2.09 bits per heavy atom. The lowest BCUT2D eigenvalue weighted by atomic mass is 10.1. The summed E-state index contributed by atoms with van der Waals surface area (Å²) in [5.41, 5.74) is 11.1. The molecule has 1 atom stereocenters. The first kappa shape index (κ1) is 19.9. The first-order valence-electron chi connectivity index (χ1n) is 11.5. The Morgan fingerprint density at radius 1 is 1.21 bits per heavy atom. The maximum absolute atomic E-state index is 12.7. The smallest absolute Gasteiger partial charge is 0.166 e. The molecule has 33 heavy (non-hydrogen) atoms. The Balaban J connectivity index is 1.47. The zero-order valence-electron chi connectivity index (χ0n) is 18.5. The van der Waals surface area contributed by atoms with E-state index in [9.17, 15) is 4.79 Å². The number of anilines is 1. The lowest BCUT2D eigenvalue weighted by Gasteiger charge is -2.12. The standard InChI is InChI=1S/C25H25N7O/c1-2-22(33)18-13-28-25(26)23-19(30-32(24(18)23)17-9-10-27-12-17)7-3-15-4-8-21-20(11-15)29-14-31(21)16-5-6-16/h4,8,11,13-14,16-17,27H,2,5-6,9-10,12H2,1H3,(H2,26,28). The Morgan fingerprint density at radius 3 is 2.85 bits per heavy atom. The van der Waals surface area contributed by atoms with Crippen molar-refractivity contribution in [2.24, 2.45) is 0 Å². The minimum atomic E-state index is 0.0239. The molecule has 8 heteroatoms. The van der Waals surface area contributed by atoms with E-state index in [4.69, 9.17) is 10.8 Å². The molecule has 3 N–H and O–H groups in total. The average molecular weight is 440 g/mol. The first-order chi connectivity index (χ1) is 16.1. The number of rotatable bonds is 4. The summed E-state index contributed by atoms with van der Waals surface area (Å²) in [5, 5.41) is 8.87. The third kappa shape index (κ3) is 3.36. The fourth-order valence-corrected chi connectivity index (χ4v) is 4.67. The van der Waals surface area contributed by atoms with Gasteiger partial charge in [0.15, 0.2) is 5.78 Å². The summed E-state index contributed by atoms with van der Waals surface area (Å²) in [7, 11) is 0. The van der Waals surface area contributed by atoms with Gasteiger partial charge in [0.05, 0.1) is 39.9 Å². The van der Waals surface area contributed by atoms with Gasteiger partial charge in [-0.2, -0.15) is 5.10 Å². The molecule has 1 saturated carbocycles. The maximum Gasteiger partial charge on any atom is 0.166 e. The number of nitrogens with two attached hydrogens (primary N) is 1. The van der Waals surface area contributed by atoms with Crippen LogP contribution in [0.3, 0.4) is 0 Å². The summed E-state index contributed by atoms with van der Waals surface area (Å²) in [4.78, 5) is 21.6. The summed E-state index contributed by atoms with van der Waals surface area (Å²) in [6.45, 7) is 3.56. The number of aromatic nitrogens is 5. The van der Waals surface area contributed by atoms with E-state index in [1.165, 1.54) is 12.8 Å². The van der Waals surface area contributed by atoms with E-state index in [0.717, 1.165) is 41.6 Å². The van der Waals surface area contributed by atoms with Crippen LogP contribution in [0.5, 0.6) is 0 Å². The van der Waals surface area contributed by atoms with Gasteiger partial charge in [-0.05, 0) is 49.9 Å². The molecule has 0 radical (unpaired) electrons. The van der Waals surface area contributed by atoms with Crippen molar-refractivity contribution in [2.45, 2.75) is 44.7 Å². The number of nitrogen functional groups attached to an aromatic ring is 1. The molecule has 166 valence electrons. The number of hydrogen-bond acceptors (Lipinski definition) is 6. The molecular weight excluding hydrogens is 414 g/mol. The van der Waals surface area contributed by atoms with Crippen molar-refractivity contribution in [3.05, 3.63) is 47.5 Å². The number of carbonyl (C=O) groups excluding carboxylic acids is 1. The van der Waals surface area contributed by atoms with Crippen LogP contribution in [0.15, 0.2) is 30.7 Å². The Bertz CT molecular complexity index is 1460. The number of fused-ring (bicyclic) bond motifs is 2. The number of nitrogens with zero attached hydrogens (tertiary/aromatic N) is 5. The van der Waals surface area contributed by atoms with Gasteiger partial charge >= 0.3 is 0 Å². The van der Waals surface area contributed by atoms with Crippen molar-refractivity contribution in [2.75, 3.05) is 18.8 Å². The third-order valence-corrected chi connectivity index (χ3v) is 6.60. The van der Waals surface area contributed by atoms with E-state index in [0.29, 0.717) is 34.9 Å². The predicted molar refractivity (Wildman–Crippen MR) is 127 cm³/mol. The molecule has 0 amide bonds. The molecule has 3 aromatic heterocycles. The molecular formula is C25H25N7O. The van der Waals surface area contributed by atoms with Crippen LogP contribution in [-0.2, 0) is 0 Å². The molecule has 2 fully saturated rings. The number of carbonyl (C=O) groups is 1. The molecule has 8 nitrogen and oxygen atoms in total. The zero-order valence-corrected chi connectivity index (χ0v) is 18.5. The summed E-state index contributed by atoms with van der Waals surface area (Å²) >= 11 is 0. The van der Waals surface area contributed by atoms with Crippen LogP contribution < -0.4 is 11.1 Å². The number of Topliss-reactive ketones (excluding diaryl/α,β-unsaturated/α-hetero) is 1. The minimum absolute atomic E-state index is 0.0239. The zero-order chi connectivity index (χ0) is 22.5. The van der Waals surface area contributed by atoms with Gasteiger partial charge in [-0.1, -0.05) is 12.8 Å². The van der Waals surface area contributed by atoms with Gasteiger partial charge in [0.1, 0.15) is 11.5 Å². The van der Waals surface area contributed by atoms with Crippen LogP contribution in [-0.4, -0.2) is 43.2 Å². The van der Waals surface area contributed by atoms with Crippen molar-refractivity contribution >= 4 is 33.5 Å². The highest BCUT2D eigenvalue weighted by Gasteiger charge is 2.26. The van der Waals surface area contributed by atoms with E-state index in [2.05, 4.69) is 37.8 Å². The lowest BCUT2D eigenvalue weighted by Crippen LogP contribution is -2.16. The normalized spacial score (nSPS) is 18.0. The van der Waals surface area contributed by atoms with Gasteiger partial charge in [0.2, 0.25) is 0 Å². The molecule has 6 rings (SSSR count). The third-order valence-electron chi connectivity index (χ3n) is 6.60. The Labute approximate surface area is 191 Å². The van der Waals surface area contributed by atoms with Crippen LogP contribution in [0, 0.1) is 11.8 Å². The number of hydrogen-bond donors (Lipinski definition) is 2. The van der Waals surface area contributed by atoms with Crippen LogP contribution in [0.25, 0.3) is 21.9 Å². The van der Waals surface area contributed by atoms with Gasteiger partial charge in [0.25, 0.3) is 0 Å². The van der Waals surface area contributed by atoms with Gasteiger partial charge < -0.3 is 15.6 Å². The summed E-state index contributed by atoms with van der Waals surface area (Å²) in [5.74, 6) is 6.81. The van der Waals surface area contributed by atoms with E-state index < -0.39 is 0 Å². The summed E-state index contributed by atoms with van der Waals surface area (Å²) in [6, 6.07) is 6.84. The van der Waals surface area contributed by atoms with Crippen molar-refractivity contribution in [3.8, 4) is 11.8 Å². The highest BCUT2D eigenvalue weighted by molar-refractivity contribution is 6.09. The number of ketones is 1. The molecule has 0 bridgehead atoms. The topological polar surface area (TPSA) is 104 Å². The molecule has 1 aliphatic heterocycles. The molecule has 1 unspecified atom stereocenters. The Hall–Kier alpha value is -3.70. The van der Waals surface area contributed by atoms with E-state index in [-0.39, 0.29) is 11.8 Å². The number of nitrogens with one attached hydrogen (secondary N) is 1. The molecule has 4 aromatic rings. The monoisotopic (exact) mass is 439 g/mol. The van der Waals surface area contributed by atoms with E-state index in [1.807, 2.05) is 30.1 Å². The predicted octanol–water partition coefficient (Wildman–Crippen LogP) is 3.23. The fraction of sp³-hybridized carbons (Fsp3) is 0.360. The van der Waals surface area contributed by atoms with Gasteiger partial charge in [0, 0.05) is 30.8 Å². The molecule has 2 aliphatic rings. The van der Waals surface area contributed by atoms with Crippen LogP contribution in [0.1, 0.15) is 66.3 Å². The largest absolute Gasteiger partial charge is 0.383 e. The second-order valence-electron chi connectivity index (χ2n) is 8.83. The first-order valence-corrected chi connectivity index (χ1v) is 11.5. The second-order valence-corrected chi connectivity index (χ2v) is 8.83. The van der Waals surface area contributed by atoms with Crippen molar-refractivity contribution in [1.29, 1.82) is 0 Å². The average Bonchev–Trinajstić information content (AvgIpc) is 3.23. The maximum atomic E-state index is 12.7. The van der Waals surface area contributed by atoms with E-state index >= 15 is 0 Å². The van der Waals surface area contributed by atoms with Gasteiger partial charge in [-0.3, -0.25) is 9.48 Å².